The topological polar surface area (TPSA) is 51.8 Å². The van der Waals surface area contributed by atoms with Gasteiger partial charge < -0.3 is 4.42 Å². The van der Waals surface area contributed by atoms with E-state index in [2.05, 4.69) is 152 Å². The summed E-state index contributed by atoms with van der Waals surface area (Å²) in [6, 6.07) is 65.8. The summed E-state index contributed by atoms with van der Waals surface area (Å²) in [7, 11) is 0. The minimum absolute atomic E-state index is 0.591. The predicted octanol–water partition coefficient (Wildman–Crippen LogP) is 14.1. The zero-order valence-electron chi connectivity index (χ0n) is 30.1. The van der Waals surface area contributed by atoms with Crippen molar-refractivity contribution >= 4 is 53.4 Å². The summed E-state index contributed by atoms with van der Waals surface area (Å²) in [4.78, 5) is 15.0. The van der Waals surface area contributed by atoms with E-state index in [0.717, 1.165) is 49.8 Å². The summed E-state index contributed by atoms with van der Waals surface area (Å²) in [6.07, 6.45) is 0. The maximum atomic E-state index is 6.55. The Morgan fingerprint density at radius 2 is 0.839 bits per heavy atom. The largest absolute Gasteiger partial charge is 0.456 e. The summed E-state index contributed by atoms with van der Waals surface area (Å²) in [5.74, 6) is 1.83. The standard InChI is InChI=1S/C51H31N3OS/c1-4-12-32(13-5-1)33-20-22-36(23-21-33)50-52-49(35-16-8-3-9-17-35)53-51(54-50)38-24-26-39-43-28-37(25-27-45(43)55-46(39)29-38)42-31-48-44(40-18-10-11-19-47(40)56-48)30-41(42)34-14-6-2-7-15-34/h1-31H. The molecule has 4 nitrogen and oxygen atoms in total. The molecular weight excluding hydrogens is 703 g/mol. The third-order valence-electron chi connectivity index (χ3n) is 10.6. The van der Waals surface area contributed by atoms with Gasteiger partial charge in [0, 0.05) is 47.6 Å². The van der Waals surface area contributed by atoms with E-state index in [9.17, 15) is 0 Å². The van der Waals surface area contributed by atoms with Gasteiger partial charge in [-0.15, -0.1) is 11.3 Å². The van der Waals surface area contributed by atoms with Crippen molar-refractivity contribution in [2.45, 2.75) is 0 Å². The van der Waals surface area contributed by atoms with Crippen LogP contribution in [-0.4, -0.2) is 15.0 Å². The summed E-state index contributed by atoms with van der Waals surface area (Å²) >= 11 is 1.85. The van der Waals surface area contributed by atoms with Gasteiger partial charge in [-0.1, -0.05) is 146 Å². The number of hydrogen-bond acceptors (Lipinski definition) is 5. The third-order valence-corrected chi connectivity index (χ3v) is 11.7. The molecule has 11 aromatic rings. The molecule has 0 aliphatic heterocycles. The van der Waals surface area contributed by atoms with E-state index >= 15 is 0 Å². The van der Waals surface area contributed by atoms with Crippen molar-refractivity contribution in [1.29, 1.82) is 0 Å². The second-order valence-corrected chi connectivity index (χ2v) is 15.1. The van der Waals surface area contributed by atoms with Gasteiger partial charge in [0.2, 0.25) is 0 Å². The second kappa shape index (κ2) is 13.3. The van der Waals surface area contributed by atoms with Gasteiger partial charge in [0.25, 0.3) is 0 Å². The van der Waals surface area contributed by atoms with Crippen molar-refractivity contribution < 1.29 is 4.42 Å². The van der Waals surface area contributed by atoms with Gasteiger partial charge in [-0.25, -0.2) is 15.0 Å². The molecule has 0 bridgehead atoms. The number of aromatic nitrogens is 3. The molecule has 0 atom stereocenters. The van der Waals surface area contributed by atoms with E-state index in [-0.39, 0.29) is 0 Å². The van der Waals surface area contributed by atoms with Gasteiger partial charge in [0.05, 0.1) is 0 Å². The molecule has 5 heteroatoms. The van der Waals surface area contributed by atoms with Crippen molar-refractivity contribution in [3.63, 3.8) is 0 Å². The van der Waals surface area contributed by atoms with E-state index in [0.29, 0.717) is 17.5 Å². The van der Waals surface area contributed by atoms with Gasteiger partial charge in [0.1, 0.15) is 11.2 Å². The lowest BCUT2D eigenvalue weighted by atomic mass is 9.92. The Kier molecular flexibility index (Phi) is 7.64. The summed E-state index contributed by atoms with van der Waals surface area (Å²) in [5, 5.41) is 4.70. The minimum Gasteiger partial charge on any atom is -0.456 e. The molecule has 262 valence electrons. The quantitative estimate of drug-likeness (QED) is 0.171. The monoisotopic (exact) mass is 733 g/mol. The van der Waals surface area contributed by atoms with E-state index < -0.39 is 0 Å². The van der Waals surface area contributed by atoms with Crippen LogP contribution in [-0.2, 0) is 0 Å². The van der Waals surface area contributed by atoms with Crippen LogP contribution in [0.5, 0.6) is 0 Å². The SMILES string of the molecule is c1ccc(-c2ccc(-c3nc(-c4ccccc4)nc(-c4ccc5c(c4)oc4ccc(-c6cc7sc8ccccc8c7cc6-c6ccccc6)cc45)n3)cc2)cc1. The van der Waals surface area contributed by atoms with Crippen molar-refractivity contribution in [3.8, 4) is 67.5 Å². The van der Waals surface area contributed by atoms with Crippen LogP contribution >= 0.6 is 11.3 Å². The summed E-state index contributed by atoms with van der Waals surface area (Å²) < 4.78 is 9.12. The highest BCUT2D eigenvalue weighted by Gasteiger charge is 2.18. The van der Waals surface area contributed by atoms with Crippen molar-refractivity contribution in [2.75, 3.05) is 0 Å². The maximum Gasteiger partial charge on any atom is 0.164 e. The molecule has 0 aliphatic rings. The molecule has 0 N–H and O–H groups in total. The summed E-state index contributed by atoms with van der Waals surface area (Å²) in [6.45, 7) is 0. The highest BCUT2D eigenvalue weighted by atomic mass is 32.1. The zero-order valence-corrected chi connectivity index (χ0v) is 30.9. The number of benzene rings is 8. The van der Waals surface area contributed by atoms with E-state index in [4.69, 9.17) is 19.4 Å². The molecular formula is C51H31N3OS. The Hall–Kier alpha value is -7.21. The number of thiophene rings is 1. The van der Waals surface area contributed by atoms with E-state index in [1.165, 1.54) is 42.4 Å². The first-order valence-electron chi connectivity index (χ1n) is 18.7. The minimum atomic E-state index is 0.591. The molecule has 0 aliphatic carbocycles. The first kappa shape index (κ1) is 32.2. The van der Waals surface area contributed by atoms with Crippen molar-refractivity contribution in [1.82, 2.24) is 15.0 Å². The molecule has 3 heterocycles. The van der Waals surface area contributed by atoms with Crippen LogP contribution in [0.15, 0.2) is 192 Å². The molecule has 0 amide bonds. The van der Waals surface area contributed by atoms with E-state index in [1.807, 2.05) is 47.7 Å². The van der Waals surface area contributed by atoms with Crippen LogP contribution in [0, 0.1) is 0 Å². The molecule has 3 aromatic heterocycles. The Bertz CT molecular complexity index is 3230. The molecule has 0 radical (unpaired) electrons. The lowest BCUT2D eigenvalue weighted by Gasteiger charge is -2.12. The van der Waals surface area contributed by atoms with Gasteiger partial charge >= 0.3 is 0 Å². The molecule has 0 unspecified atom stereocenters. The lowest BCUT2D eigenvalue weighted by molar-refractivity contribution is 0.669. The van der Waals surface area contributed by atoms with E-state index in [1.54, 1.807) is 0 Å². The molecule has 0 fully saturated rings. The Morgan fingerprint density at radius 3 is 1.57 bits per heavy atom. The van der Waals surface area contributed by atoms with Crippen LogP contribution in [0.25, 0.3) is 110 Å². The van der Waals surface area contributed by atoms with Crippen LogP contribution in [0.2, 0.25) is 0 Å². The van der Waals surface area contributed by atoms with Crippen LogP contribution in [0.1, 0.15) is 0 Å². The molecule has 8 aromatic carbocycles. The first-order valence-corrected chi connectivity index (χ1v) is 19.5. The average molecular weight is 734 g/mol. The Balaban J connectivity index is 1.02. The predicted molar refractivity (Wildman–Crippen MR) is 233 cm³/mol. The average Bonchev–Trinajstić information content (AvgIpc) is 3.84. The lowest BCUT2D eigenvalue weighted by Crippen LogP contribution is -2.00. The second-order valence-electron chi connectivity index (χ2n) is 14.0. The van der Waals surface area contributed by atoms with Gasteiger partial charge in [-0.2, -0.15) is 0 Å². The van der Waals surface area contributed by atoms with Crippen molar-refractivity contribution in [2.24, 2.45) is 0 Å². The van der Waals surface area contributed by atoms with Gasteiger partial charge in [-0.05, 0) is 75.8 Å². The molecule has 0 saturated carbocycles. The number of rotatable bonds is 6. The smallest absolute Gasteiger partial charge is 0.164 e. The Labute approximate surface area is 327 Å². The zero-order chi connectivity index (χ0) is 37.0. The highest BCUT2D eigenvalue weighted by molar-refractivity contribution is 7.25. The van der Waals surface area contributed by atoms with Gasteiger partial charge in [-0.3, -0.25) is 0 Å². The highest BCUT2D eigenvalue weighted by Crippen LogP contribution is 2.43. The first-order chi connectivity index (χ1) is 27.7. The van der Waals surface area contributed by atoms with Crippen LogP contribution < -0.4 is 0 Å². The number of hydrogen-bond donors (Lipinski definition) is 0. The Morgan fingerprint density at radius 1 is 0.304 bits per heavy atom. The van der Waals surface area contributed by atoms with Gasteiger partial charge in [0.15, 0.2) is 17.5 Å². The molecule has 0 saturated heterocycles. The fourth-order valence-electron chi connectivity index (χ4n) is 7.74. The molecule has 11 rings (SSSR count). The summed E-state index contributed by atoms with van der Waals surface area (Å²) in [5.41, 5.74) is 11.4. The molecule has 0 spiro atoms. The number of fused-ring (bicyclic) bond motifs is 6. The number of nitrogens with zero attached hydrogens (tertiary/aromatic N) is 3. The maximum absolute atomic E-state index is 6.55. The fourth-order valence-corrected chi connectivity index (χ4v) is 8.87. The molecule has 56 heavy (non-hydrogen) atoms. The number of furan rings is 1. The fraction of sp³-hybridized carbons (Fsp3) is 0. The van der Waals surface area contributed by atoms with Crippen LogP contribution in [0.4, 0.5) is 0 Å². The normalized spacial score (nSPS) is 11.6. The van der Waals surface area contributed by atoms with Crippen molar-refractivity contribution in [3.05, 3.63) is 188 Å². The van der Waals surface area contributed by atoms with Crippen LogP contribution in [0.3, 0.4) is 0 Å². The third kappa shape index (κ3) is 5.65.